The molecule has 2 atom stereocenters. The van der Waals surface area contributed by atoms with Crippen molar-refractivity contribution >= 4 is 0 Å². The van der Waals surface area contributed by atoms with Gasteiger partial charge < -0.3 is 5.32 Å². The minimum absolute atomic E-state index is 0.861. The Morgan fingerprint density at radius 2 is 1.60 bits per heavy atom. The van der Waals surface area contributed by atoms with Crippen molar-refractivity contribution in [1.82, 2.24) is 5.32 Å². The quantitative estimate of drug-likeness (QED) is 0.745. The Morgan fingerprint density at radius 3 is 2.13 bits per heavy atom. The molecule has 1 nitrogen and oxygen atoms in total. The fraction of sp³-hybridized carbons (Fsp3) is 1.00. The third-order valence-corrected chi connectivity index (χ3v) is 4.62. The molecule has 3 saturated carbocycles. The average Bonchev–Trinajstić information content (AvgIpc) is 3.07. The second-order valence-corrected chi connectivity index (χ2v) is 6.34. The molecule has 1 heteroatoms. The molecule has 3 fully saturated rings. The Balaban J connectivity index is 1.53. The van der Waals surface area contributed by atoms with Crippen LogP contribution in [0.2, 0.25) is 0 Å². The van der Waals surface area contributed by atoms with Gasteiger partial charge in [0, 0.05) is 12.1 Å². The Labute approximate surface area is 94.0 Å². The van der Waals surface area contributed by atoms with Gasteiger partial charge in [0.05, 0.1) is 0 Å². The van der Waals surface area contributed by atoms with E-state index in [4.69, 9.17) is 0 Å². The van der Waals surface area contributed by atoms with Gasteiger partial charge in [0.15, 0.2) is 0 Å². The highest BCUT2D eigenvalue weighted by Crippen LogP contribution is 2.45. The van der Waals surface area contributed by atoms with Crippen molar-refractivity contribution in [2.75, 3.05) is 0 Å². The summed E-state index contributed by atoms with van der Waals surface area (Å²) >= 11 is 0. The van der Waals surface area contributed by atoms with Crippen molar-refractivity contribution in [1.29, 1.82) is 0 Å². The van der Waals surface area contributed by atoms with E-state index >= 15 is 0 Å². The predicted molar refractivity (Wildman–Crippen MR) is 63.8 cm³/mol. The van der Waals surface area contributed by atoms with Crippen LogP contribution in [0.25, 0.3) is 0 Å². The second kappa shape index (κ2) is 4.08. The zero-order valence-electron chi connectivity index (χ0n) is 10.0. The normalized spacial score (nSPS) is 37.2. The van der Waals surface area contributed by atoms with Crippen LogP contribution >= 0.6 is 0 Å². The topological polar surface area (TPSA) is 12.0 Å². The number of hydrogen-bond donors (Lipinski definition) is 1. The van der Waals surface area contributed by atoms with E-state index in [1.807, 2.05) is 0 Å². The van der Waals surface area contributed by atoms with E-state index in [1.165, 1.54) is 51.4 Å². The van der Waals surface area contributed by atoms with E-state index in [1.54, 1.807) is 0 Å². The molecule has 0 aromatic carbocycles. The van der Waals surface area contributed by atoms with Crippen LogP contribution in [0, 0.1) is 17.8 Å². The Hall–Kier alpha value is -0.0400. The predicted octanol–water partition coefficient (Wildman–Crippen LogP) is 3.34. The first-order valence-electron chi connectivity index (χ1n) is 7.09. The molecule has 0 radical (unpaired) electrons. The van der Waals surface area contributed by atoms with Crippen LogP contribution in [0.1, 0.15) is 58.3 Å². The fourth-order valence-electron chi connectivity index (χ4n) is 3.43. The van der Waals surface area contributed by atoms with E-state index in [9.17, 15) is 0 Å². The largest absolute Gasteiger partial charge is 0.311 e. The van der Waals surface area contributed by atoms with Crippen molar-refractivity contribution in [2.45, 2.75) is 70.4 Å². The Kier molecular flexibility index (Phi) is 2.76. The number of nitrogens with one attached hydrogen (secondary N) is 1. The van der Waals surface area contributed by atoms with Crippen LogP contribution < -0.4 is 5.32 Å². The highest BCUT2D eigenvalue weighted by atomic mass is 15.0. The standard InChI is InChI=1S/C14H25N/c1-10-3-2-4-13(9-10)15-14(11-5-6-11)12-7-8-12/h10-15H,2-9H2,1H3. The van der Waals surface area contributed by atoms with Crippen LogP contribution in [0.4, 0.5) is 0 Å². The summed E-state index contributed by atoms with van der Waals surface area (Å²) < 4.78 is 0. The lowest BCUT2D eigenvalue weighted by Gasteiger charge is -2.31. The van der Waals surface area contributed by atoms with Gasteiger partial charge >= 0.3 is 0 Å². The maximum Gasteiger partial charge on any atom is 0.0126 e. The molecule has 0 spiro atoms. The molecule has 0 aromatic heterocycles. The third kappa shape index (κ3) is 2.55. The molecular weight excluding hydrogens is 182 g/mol. The van der Waals surface area contributed by atoms with Gasteiger partial charge in [-0.1, -0.05) is 19.8 Å². The fourth-order valence-corrected chi connectivity index (χ4v) is 3.43. The van der Waals surface area contributed by atoms with E-state index in [0.717, 1.165) is 29.8 Å². The van der Waals surface area contributed by atoms with Crippen molar-refractivity contribution in [3.8, 4) is 0 Å². The lowest BCUT2D eigenvalue weighted by atomic mass is 9.86. The lowest BCUT2D eigenvalue weighted by Crippen LogP contribution is -2.43. The molecule has 3 rings (SSSR count). The molecule has 0 bridgehead atoms. The van der Waals surface area contributed by atoms with E-state index < -0.39 is 0 Å². The summed E-state index contributed by atoms with van der Waals surface area (Å²) in [4.78, 5) is 0. The molecule has 86 valence electrons. The summed E-state index contributed by atoms with van der Waals surface area (Å²) in [5.41, 5.74) is 0. The first-order chi connectivity index (χ1) is 7.33. The molecular formula is C14H25N. The van der Waals surface area contributed by atoms with Gasteiger partial charge in [-0.3, -0.25) is 0 Å². The highest BCUT2D eigenvalue weighted by molar-refractivity contribution is 4.98. The van der Waals surface area contributed by atoms with Crippen molar-refractivity contribution in [3.63, 3.8) is 0 Å². The molecule has 0 heterocycles. The molecule has 0 amide bonds. The van der Waals surface area contributed by atoms with E-state index in [0.29, 0.717) is 0 Å². The van der Waals surface area contributed by atoms with Crippen molar-refractivity contribution in [2.24, 2.45) is 17.8 Å². The van der Waals surface area contributed by atoms with Crippen LogP contribution in [0.15, 0.2) is 0 Å². The minimum atomic E-state index is 0.861. The monoisotopic (exact) mass is 207 g/mol. The first kappa shape index (κ1) is 10.1. The lowest BCUT2D eigenvalue weighted by molar-refractivity contribution is 0.259. The number of hydrogen-bond acceptors (Lipinski definition) is 1. The van der Waals surface area contributed by atoms with Gasteiger partial charge in [-0.2, -0.15) is 0 Å². The molecule has 1 N–H and O–H groups in total. The molecule has 2 unspecified atom stereocenters. The maximum atomic E-state index is 4.01. The molecule has 0 aromatic rings. The summed E-state index contributed by atoms with van der Waals surface area (Å²) in [5.74, 6) is 3.10. The summed E-state index contributed by atoms with van der Waals surface area (Å²) in [6.45, 7) is 2.43. The van der Waals surface area contributed by atoms with Gasteiger partial charge in [-0.15, -0.1) is 0 Å². The first-order valence-corrected chi connectivity index (χ1v) is 7.09. The smallest absolute Gasteiger partial charge is 0.0126 e. The molecule has 15 heavy (non-hydrogen) atoms. The maximum absolute atomic E-state index is 4.01. The molecule has 0 aliphatic heterocycles. The minimum Gasteiger partial charge on any atom is -0.311 e. The third-order valence-electron chi connectivity index (χ3n) is 4.62. The summed E-state index contributed by atoms with van der Waals surface area (Å²) in [6, 6.07) is 1.78. The zero-order chi connectivity index (χ0) is 10.3. The van der Waals surface area contributed by atoms with E-state index in [2.05, 4.69) is 12.2 Å². The van der Waals surface area contributed by atoms with Crippen molar-refractivity contribution in [3.05, 3.63) is 0 Å². The molecule has 3 aliphatic rings. The van der Waals surface area contributed by atoms with Gasteiger partial charge in [0.25, 0.3) is 0 Å². The Morgan fingerprint density at radius 1 is 0.933 bits per heavy atom. The second-order valence-electron chi connectivity index (χ2n) is 6.34. The molecule has 0 saturated heterocycles. The SMILES string of the molecule is CC1CCCC(NC(C2CC2)C2CC2)C1. The van der Waals surface area contributed by atoms with Crippen LogP contribution in [-0.2, 0) is 0 Å². The number of rotatable bonds is 4. The van der Waals surface area contributed by atoms with Crippen LogP contribution in [0.5, 0.6) is 0 Å². The zero-order valence-corrected chi connectivity index (χ0v) is 10.0. The highest BCUT2D eigenvalue weighted by Gasteiger charge is 2.42. The van der Waals surface area contributed by atoms with Gasteiger partial charge in [0.1, 0.15) is 0 Å². The van der Waals surface area contributed by atoms with Gasteiger partial charge in [-0.05, 0) is 56.3 Å². The van der Waals surface area contributed by atoms with Crippen LogP contribution in [-0.4, -0.2) is 12.1 Å². The van der Waals surface area contributed by atoms with Gasteiger partial charge in [-0.25, -0.2) is 0 Å². The summed E-state index contributed by atoms with van der Waals surface area (Å²) in [7, 11) is 0. The Bertz CT molecular complexity index is 205. The van der Waals surface area contributed by atoms with Crippen molar-refractivity contribution < 1.29 is 0 Å². The summed E-state index contributed by atoms with van der Waals surface area (Å²) in [5, 5.41) is 4.01. The molecule has 3 aliphatic carbocycles. The average molecular weight is 207 g/mol. The summed E-state index contributed by atoms with van der Waals surface area (Å²) in [6.07, 6.45) is 11.9. The van der Waals surface area contributed by atoms with Gasteiger partial charge in [0.2, 0.25) is 0 Å². The van der Waals surface area contributed by atoms with Crippen LogP contribution in [0.3, 0.4) is 0 Å². The van der Waals surface area contributed by atoms with E-state index in [-0.39, 0.29) is 0 Å².